The molecule has 2 atom stereocenters. The molecule has 0 spiro atoms. The molecule has 1 aromatic carbocycles. The Balaban J connectivity index is 2.24. The molecule has 0 aliphatic carbocycles. The van der Waals surface area contributed by atoms with Gasteiger partial charge in [0.1, 0.15) is 12.0 Å². The fourth-order valence-electron chi connectivity index (χ4n) is 3.01. The second-order valence-electron chi connectivity index (χ2n) is 7.50. The highest BCUT2D eigenvalue weighted by atomic mass is 19.4. The number of benzene rings is 1. The second-order valence-corrected chi connectivity index (χ2v) is 7.50. The van der Waals surface area contributed by atoms with Gasteiger partial charge < -0.3 is 15.5 Å². The lowest BCUT2D eigenvalue weighted by Crippen LogP contribution is -2.56. The summed E-state index contributed by atoms with van der Waals surface area (Å²) in [4.78, 5) is 50.2. The number of likely N-dealkylation sites (N-methyl/N-ethyl adjacent to an activating group) is 1. The highest BCUT2D eigenvalue weighted by Gasteiger charge is 2.57. The monoisotopic (exact) mass is 518 g/mol. The molecule has 0 fully saturated rings. The van der Waals surface area contributed by atoms with Crippen molar-refractivity contribution in [3.63, 3.8) is 0 Å². The standard InChI is InChI=1S/C19H18F8N4O4/c1-9(13(32)28-8-17(20,21)19(25,26)27)14(33)29-10-7-31(16(35)18(22,23)24)12-6-4-3-5-11(12)30(2)15(10)34/h3-6,9-10H,7-8H2,1-2H3,(H,28,32)(H,29,33)/t9?,10-/m0/s1. The lowest BCUT2D eigenvalue weighted by molar-refractivity contribution is -0.278. The number of carbonyl (C=O) groups is 4. The third-order valence-corrected chi connectivity index (χ3v) is 5.02. The Bertz CT molecular complexity index is 1010. The molecule has 2 rings (SSSR count). The Morgan fingerprint density at radius 3 is 2.06 bits per heavy atom. The molecule has 1 aliphatic heterocycles. The third kappa shape index (κ3) is 5.97. The van der Waals surface area contributed by atoms with Gasteiger partial charge in [-0.2, -0.15) is 35.1 Å². The summed E-state index contributed by atoms with van der Waals surface area (Å²) in [5, 5.41) is 3.22. The van der Waals surface area contributed by atoms with Crippen LogP contribution in [-0.2, 0) is 19.2 Å². The van der Waals surface area contributed by atoms with Gasteiger partial charge in [-0.25, -0.2) is 0 Å². The molecule has 8 nitrogen and oxygen atoms in total. The number of hydrogen-bond acceptors (Lipinski definition) is 4. The van der Waals surface area contributed by atoms with Crippen molar-refractivity contribution in [3.8, 4) is 0 Å². The zero-order valence-electron chi connectivity index (χ0n) is 17.9. The van der Waals surface area contributed by atoms with E-state index in [-0.39, 0.29) is 16.3 Å². The van der Waals surface area contributed by atoms with E-state index in [0.717, 1.165) is 24.9 Å². The first-order valence-electron chi connectivity index (χ1n) is 9.66. The van der Waals surface area contributed by atoms with Gasteiger partial charge in [-0.05, 0) is 19.1 Å². The van der Waals surface area contributed by atoms with Crippen molar-refractivity contribution in [1.82, 2.24) is 10.6 Å². The zero-order chi connectivity index (χ0) is 26.9. The van der Waals surface area contributed by atoms with Gasteiger partial charge in [0.15, 0.2) is 0 Å². The van der Waals surface area contributed by atoms with E-state index >= 15 is 0 Å². The van der Waals surface area contributed by atoms with E-state index in [1.807, 2.05) is 5.32 Å². The van der Waals surface area contributed by atoms with Gasteiger partial charge in [-0.3, -0.25) is 24.1 Å². The van der Waals surface area contributed by atoms with E-state index in [4.69, 9.17) is 0 Å². The first kappa shape index (κ1) is 27.8. The van der Waals surface area contributed by atoms with Crippen LogP contribution in [0.5, 0.6) is 0 Å². The summed E-state index contributed by atoms with van der Waals surface area (Å²) in [6, 6.07) is 3.23. The van der Waals surface area contributed by atoms with Crippen LogP contribution >= 0.6 is 0 Å². The number of halogens is 8. The zero-order valence-corrected chi connectivity index (χ0v) is 17.9. The van der Waals surface area contributed by atoms with Gasteiger partial charge in [-0.1, -0.05) is 12.1 Å². The lowest BCUT2D eigenvalue weighted by atomic mass is 10.1. The van der Waals surface area contributed by atoms with Crippen LogP contribution in [0.25, 0.3) is 0 Å². The fourth-order valence-corrected chi connectivity index (χ4v) is 3.01. The van der Waals surface area contributed by atoms with Gasteiger partial charge in [-0.15, -0.1) is 0 Å². The number of nitrogens with zero attached hydrogens (tertiary/aromatic N) is 2. The molecule has 16 heteroatoms. The topological polar surface area (TPSA) is 98.8 Å². The molecule has 2 N–H and O–H groups in total. The van der Waals surface area contributed by atoms with Crippen molar-refractivity contribution in [1.29, 1.82) is 0 Å². The molecule has 1 aromatic rings. The summed E-state index contributed by atoms with van der Waals surface area (Å²) in [5.41, 5.74) is -0.408. The number of amides is 4. The molecule has 0 radical (unpaired) electrons. The van der Waals surface area contributed by atoms with Crippen molar-refractivity contribution in [2.75, 3.05) is 29.9 Å². The Labute approximate surface area is 192 Å². The summed E-state index contributed by atoms with van der Waals surface area (Å²) >= 11 is 0. The van der Waals surface area contributed by atoms with Gasteiger partial charge >= 0.3 is 24.2 Å². The molecule has 1 heterocycles. The van der Waals surface area contributed by atoms with Crippen LogP contribution in [0.15, 0.2) is 24.3 Å². The maximum atomic E-state index is 13.2. The van der Waals surface area contributed by atoms with Gasteiger partial charge in [0.2, 0.25) is 11.8 Å². The second kappa shape index (κ2) is 9.65. The Morgan fingerprint density at radius 2 is 1.54 bits per heavy atom. The minimum absolute atomic E-state index is 0.105. The summed E-state index contributed by atoms with van der Waals surface area (Å²) in [6.45, 7) is -2.36. The van der Waals surface area contributed by atoms with Crippen LogP contribution in [-0.4, -0.2) is 68.1 Å². The van der Waals surface area contributed by atoms with Crippen molar-refractivity contribution in [2.45, 2.75) is 31.2 Å². The Kier molecular flexibility index (Phi) is 7.66. The molecular weight excluding hydrogens is 500 g/mol. The third-order valence-electron chi connectivity index (χ3n) is 5.02. The average molecular weight is 518 g/mol. The van der Waals surface area contributed by atoms with E-state index in [0.29, 0.717) is 0 Å². The molecule has 194 valence electrons. The molecule has 0 saturated carbocycles. The Hall–Kier alpha value is -3.46. The minimum atomic E-state index is -5.97. The largest absolute Gasteiger partial charge is 0.471 e. The average Bonchev–Trinajstić information content (AvgIpc) is 2.85. The smallest absolute Gasteiger partial charge is 0.349 e. The van der Waals surface area contributed by atoms with Crippen molar-refractivity contribution in [2.24, 2.45) is 5.92 Å². The van der Waals surface area contributed by atoms with Gasteiger partial charge in [0, 0.05) is 7.05 Å². The Morgan fingerprint density at radius 1 is 1.00 bits per heavy atom. The van der Waals surface area contributed by atoms with E-state index < -0.39 is 67.0 Å². The number of rotatable bonds is 5. The highest BCUT2D eigenvalue weighted by molar-refractivity contribution is 6.09. The van der Waals surface area contributed by atoms with Crippen LogP contribution in [0.4, 0.5) is 46.5 Å². The SMILES string of the molecule is CC(C(=O)NCC(F)(F)C(F)(F)F)C(=O)N[C@H]1CN(C(=O)C(F)(F)F)c2ccccc2N(C)C1=O. The van der Waals surface area contributed by atoms with Crippen LogP contribution in [0, 0.1) is 5.92 Å². The summed E-state index contributed by atoms with van der Waals surface area (Å²) in [7, 11) is 1.15. The lowest BCUT2D eigenvalue weighted by Gasteiger charge is -2.26. The fraction of sp³-hybridized carbons (Fsp3) is 0.474. The first-order valence-corrected chi connectivity index (χ1v) is 9.66. The maximum Gasteiger partial charge on any atom is 0.471 e. The van der Waals surface area contributed by atoms with Crippen molar-refractivity contribution in [3.05, 3.63) is 24.3 Å². The summed E-state index contributed by atoms with van der Waals surface area (Å²) in [6.07, 6.45) is -11.3. The molecule has 1 unspecified atom stereocenters. The molecular formula is C19H18F8N4O4. The van der Waals surface area contributed by atoms with Crippen LogP contribution in [0.3, 0.4) is 0 Å². The van der Waals surface area contributed by atoms with E-state index in [9.17, 15) is 54.3 Å². The van der Waals surface area contributed by atoms with Gasteiger partial charge in [0.05, 0.1) is 24.5 Å². The molecule has 4 amide bonds. The minimum Gasteiger partial charge on any atom is -0.349 e. The van der Waals surface area contributed by atoms with Crippen molar-refractivity contribution < 1.29 is 54.3 Å². The van der Waals surface area contributed by atoms with E-state index in [1.54, 1.807) is 0 Å². The number of hydrogen-bond donors (Lipinski definition) is 2. The van der Waals surface area contributed by atoms with Crippen LogP contribution in [0.2, 0.25) is 0 Å². The molecule has 1 aliphatic rings. The number of fused-ring (bicyclic) bond motifs is 1. The van der Waals surface area contributed by atoms with Crippen LogP contribution < -0.4 is 20.4 Å². The summed E-state index contributed by atoms with van der Waals surface area (Å²) < 4.78 is 102. The predicted molar refractivity (Wildman–Crippen MR) is 103 cm³/mol. The predicted octanol–water partition coefficient (Wildman–Crippen LogP) is 1.99. The number of anilines is 2. The highest BCUT2D eigenvalue weighted by Crippen LogP contribution is 2.35. The van der Waals surface area contributed by atoms with Gasteiger partial charge in [0.25, 0.3) is 5.91 Å². The van der Waals surface area contributed by atoms with E-state index in [1.165, 1.54) is 23.5 Å². The van der Waals surface area contributed by atoms with Crippen LogP contribution in [0.1, 0.15) is 6.92 Å². The molecule has 35 heavy (non-hydrogen) atoms. The number of para-hydroxylation sites is 2. The quantitative estimate of drug-likeness (QED) is 0.460. The first-order chi connectivity index (χ1) is 15.9. The summed E-state index contributed by atoms with van der Waals surface area (Å²) in [5.74, 6) is -13.5. The molecule has 0 bridgehead atoms. The number of alkyl halides is 8. The number of nitrogens with one attached hydrogen (secondary N) is 2. The van der Waals surface area contributed by atoms with Crippen molar-refractivity contribution >= 4 is 35.0 Å². The maximum absolute atomic E-state index is 13.2. The normalized spacial score (nSPS) is 17.9. The number of carbonyl (C=O) groups excluding carboxylic acids is 4. The molecule has 0 saturated heterocycles. The molecule has 0 aromatic heterocycles. The van der Waals surface area contributed by atoms with E-state index in [2.05, 4.69) is 0 Å².